The van der Waals surface area contributed by atoms with Crippen LogP contribution in [0.15, 0.2) is 24.5 Å². The summed E-state index contributed by atoms with van der Waals surface area (Å²) in [6.45, 7) is 1.60. The standard InChI is InChI=1S/C16H21N5O4/c1-10(22)25-5-4-18-15(23)14-7-12(9-21(14)3)19-16(24)13-6-11(17)8-20(13)2/h6-9H,4-5,17H2,1-3H3,(H,18,23)(H,19,24). The van der Waals surface area contributed by atoms with E-state index in [2.05, 4.69) is 10.6 Å². The van der Waals surface area contributed by atoms with Crippen molar-refractivity contribution in [1.29, 1.82) is 0 Å². The zero-order valence-electron chi connectivity index (χ0n) is 14.3. The third-order valence-corrected chi connectivity index (χ3v) is 3.45. The van der Waals surface area contributed by atoms with Crippen LogP contribution in [0.4, 0.5) is 11.4 Å². The second-order valence-electron chi connectivity index (χ2n) is 5.54. The Bertz CT molecular complexity index is 806. The van der Waals surface area contributed by atoms with Gasteiger partial charge in [-0.1, -0.05) is 0 Å². The maximum atomic E-state index is 12.3. The molecular weight excluding hydrogens is 326 g/mol. The number of amides is 2. The molecule has 2 aromatic heterocycles. The number of carbonyl (C=O) groups excluding carboxylic acids is 3. The normalized spacial score (nSPS) is 10.4. The van der Waals surface area contributed by atoms with E-state index in [0.29, 0.717) is 22.8 Å². The largest absolute Gasteiger partial charge is 0.464 e. The minimum Gasteiger partial charge on any atom is -0.464 e. The van der Waals surface area contributed by atoms with Crippen LogP contribution < -0.4 is 16.4 Å². The highest BCUT2D eigenvalue weighted by Gasteiger charge is 2.15. The number of aryl methyl sites for hydroxylation is 2. The maximum Gasteiger partial charge on any atom is 0.302 e. The number of aromatic nitrogens is 2. The molecule has 134 valence electrons. The number of hydrogen-bond donors (Lipinski definition) is 3. The first-order valence-corrected chi connectivity index (χ1v) is 7.59. The third kappa shape index (κ3) is 4.63. The average molecular weight is 347 g/mol. The molecule has 0 saturated carbocycles. The van der Waals surface area contributed by atoms with Gasteiger partial charge in [0, 0.05) is 33.4 Å². The van der Waals surface area contributed by atoms with Gasteiger partial charge in [-0.3, -0.25) is 14.4 Å². The van der Waals surface area contributed by atoms with Crippen LogP contribution in [0.5, 0.6) is 0 Å². The van der Waals surface area contributed by atoms with E-state index in [1.165, 1.54) is 6.92 Å². The lowest BCUT2D eigenvalue weighted by Gasteiger charge is -2.05. The highest BCUT2D eigenvalue weighted by molar-refractivity contribution is 6.04. The van der Waals surface area contributed by atoms with Gasteiger partial charge in [-0.25, -0.2) is 0 Å². The van der Waals surface area contributed by atoms with Crippen molar-refractivity contribution in [2.24, 2.45) is 14.1 Å². The van der Waals surface area contributed by atoms with Crippen molar-refractivity contribution in [3.63, 3.8) is 0 Å². The lowest BCUT2D eigenvalue weighted by molar-refractivity contribution is -0.140. The summed E-state index contributed by atoms with van der Waals surface area (Å²) in [6.07, 6.45) is 3.27. The lowest BCUT2D eigenvalue weighted by Crippen LogP contribution is -2.29. The molecule has 0 saturated heterocycles. The van der Waals surface area contributed by atoms with Gasteiger partial charge in [0.25, 0.3) is 11.8 Å². The van der Waals surface area contributed by atoms with Gasteiger partial charge in [0.15, 0.2) is 0 Å². The summed E-state index contributed by atoms with van der Waals surface area (Å²) < 4.78 is 7.96. The molecule has 0 unspecified atom stereocenters. The Morgan fingerprint density at radius 3 is 2.32 bits per heavy atom. The Morgan fingerprint density at radius 1 is 1.08 bits per heavy atom. The fourth-order valence-electron chi connectivity index (χ4n) is 2.32. The summed E-state index contributed by atoms with van der Waals surface area (Å²) >= 11 is 0. The summed E-state index contributed by atoms with van der Waals surface area (Å²) in [5, 5.41) is 5.36. The van der Waals surface area contributed by atoms with Crippen molar-refractivity contribution in [2.45, 2.75) is 6.92 Å². The maximum absolute atomic E-state index is 12.3. The number of nitrogens with two attached hydrogens (primary N) is 1. The van der Waals surface area contributed by atoms with Crippen LogP contribution in [0.2, 0.25) is 0 Å². The fourth-order valence-corrected chi connectivity index (χ4v) is 2.32. The minimum absolute atomic E-state index is 0.101. The molecule has 0 aliphatic rings. The average Bonchev–Trinajstić information content (AvgIpc) is 3.05. The SMILES string of the molecule is CC(=O)OCCNC(=O)c1cc(NC(=O)c2cc(N)cn2C)cn1C. The Balaban J connectivity index is 1.99. The molecule has 0 bridgehead atoms. The van der Waals surface area contributed by atoms with E-state index in [4.69, 9.17) is 10.5 Å². The van der Waals surface area contributed by atoms with E-state index in [0.717, 1.165) is 0 Å². The molecule has 25 heavy (non-hydrogen) atoms. The topological polar surface area (TPSA) is 120 Å². The highest BCUT2D eigenvalue weighted by atomic mass is 16.5. The number of hydrogen-bond acceptors (Lipinski definition) is 5. The minimum atomic E-state index is -0.403. The Hall–Kier alpha value is -3.23. The first kappa shape index (κ1) is 18.1. The zero-order chi connectivity index (χ0) is 18.6. The van der Waals surface area contributed by atoms with Crippen molar-refractivity contribution in [1.82, 2.24) is 14.5 Å². The van der Waals surface area contributed by atoms with E-state index >= 15 is 0 Å². The number of esters is 1. The molecule has 0 radical (unpaired) electrons. The second-order valence-corrected chi connectivity index (χ2v) is 5.54. The molecule has 4 N–H and O–H groups in total. The molecule has 0 atom stereocenters. The number of rotatable bonds is 6. The van der Waals surface area contributed by atoms with Crippen LogP contribution in [-0.2, 0) is 23.6 Å². The summed E-state index contributed by atoms with van der Waals surface area (Å²) in [6, 6.07) is 3.13. The Morgan fingerprint density at radius 2 is 1.72 bits per heavy atom. The number of ether oxygens (including phenoxy) is 1. The molecule has 0 aliphatic heterocycles. The first-order chi connectivity index (χ1) is 11.8. The van der Waals surface area contributed by atoms with Crippen LogP contribution in [-0.4, -0.2) is 40.1 Å². The van der Waals surface area contributed by atoms with Crippen molar-refractivity contribution in [3.05, 3.63) is 35.9 Å². The summed E-state index contributed by atoms with van der Waals surface area (Å²) in [4.78, 5) is 35.1. The molecular formula is C16H21N5O4. The highest BCUT2D eigenvalue weighted by Crippen LogP contribution is 2.16. The van der Waals surface area contributed by atoms with E-state index in [-0.39, 0.29) is 25.0 Å². The van der Waals surface area contributed by atoms with Crippen LogP contribution >= 0.6 is 0 Å². The summed E-state index contributed by atoms with van der Waals surface area (Å²) in [7, 11) is 3.41. The smallest absolute Gasteiger partial charge is 0.302 e. The van der Waals surface area contributed by atoms with Crippen LogP contribution in [0.3, 0.4) is 0 Å². The molecule has 2 heterocycles. The number of nitrogens with one attached hydrogen (secondary N) is 2. The van der Waals surface area contributed by atoms with Crippen molar-refractivity contribution in [2.75, 3.05) is 24.2 Å². The van der Waals surface area contributed by atoms with Gasteiger partial charge < -0.3 is 30.2 Å². The molecule has 0 spiro atoms. The van der Waals surface area contributed by atoms with Gasteiger partial charge in [-0.05, 0) is 12.1 Å². The molecule has 9 nitrogen and oxygen atoms in total. The van der Waals surface area contributed by atoms with Gasteiger partial charge in [-0.2, -0.15) is 0 Å². The van der Waals surface area contributed by atoms with E-state index in [1.807, 2.05) is 0 Å². The molecule has 0 fully saturated rings. The lowest BCUT2D eigenvalue weighted by atomic mass is 10.3. The number of nitrogens with zero attached hydrogens (tertiary/aromatic N) is 2. The fraction of sp³-hybridized carbons (Fsp3) is 0.312. The van der Waals surface area contributed by atoms with Gasteiger partial charge in [0.1, 0.15) is 18.0 Å². The molecule has 2 rings (SSSR count). The predicted octanol–water partition coefficient (Wildman–Crippen LogP) is 0.491. The van der Waals surface area contributed by atoms with Gasteiger partial charge in [0.05, 0.1) is 17.9 Å². The van der Waals surface area contributed by atoms with Crippen LogP contribution in [0.1, 0.15) is 27.9 Å². The second kappa shape index (κ2) is 7.56. The zero-order valence-corrected chi connectivity index (χ0v) is 14.3. The predicted molar refractivity (Wildman–Crippen MR) is 92.2 cm³/mol. The van der Waals surface area contributed by atoms with Crippen molar-refractivity contribution < 1.29 is 19.1 Å². The van der Waals surface area contributed by atoms with Gasteiger partial charge in [-0.15, -0.1) is 0 Å². The summed E-state index contributed by atoms with van der Waals surface area (Å²) in [5.74, 6) is -1.07. The molecule has 2 amide bonds. The Kier molecular flexibility index (Phi) is 5.48. The molecule has 0 aliphatic carbocycles. The summed E-state index contributed by atoms with van der Waals surface area (Å²) in [5.41, 5.74) is 7.42. The monoisotopic (exact) mass is 347 g/mol. The molecule has 0 aromatic carbocycles. The number of carbonyl (C=O) groups is 3. The van der Waals surface area contributed by atoms with Gasteiger partial charge in [0.2, 0.25) is 0 Å². The first-order valence-electron chi connectivity index (χ1n) is 7.59. The number of anilines is 2. The van der Waals surface area contributed by atoms with Crippen LogP contribution in [0.25, 0.3) is 0 Å². The van der Waals surface area contributed by atoms with Gasteiger partial charge >= 0.3 is 5.97 Å². The van der Waals surface area contributed by atoms with E-state index in [9.17, 15) is 14.4 Å². The van der Waals surface area contributed by atoms with Crippen molar-refractivity contribution in [3.8, 4) is 0 Å². The van der Waals surface area contributed by atoms with Crippen LogP contribution in [0, 0.1) is 0 Å². The Labute approximate surface area is 144 Å². The third-order valence-electron chi connectivity index (χ3n) is 3.45. The molecule has 2 aromatic rings. The van der Waals surface area contributed by atoms with E-state index < -0.39 is 5.97 Å². The number of nitrogen functional groups attached to an aromatic ring is 1. The molecule has 9 heteroatoms. The quantitative estimate of drug-likeness (QED) is 0.519. The van der Waals surface area contributed by atoms with Crippen molar-refractivity contribution >= 4 is 29.2 Å². The van der Waals surface area contributed by atoms with E-state index in [1.54, 1.807) is 47.8 Å².